The maximum Gasteiger partial charge on any atom is 0.279 e. The molecule has 3 N–H and O–H groups in total. The van der Waals surface area contributed by atoms with Gasteiger partial charge in [0.1, 0.15) is 0 Å². The quantitative estimate of drug-likeness (QED) is 0.559. The van der Waals surface area contributed by atoms with Crippen molar-refractivity contribution in [1.82, 2.24) is 10.9 Å². The molecule has 0 saturated carbocycles. The molecule has 1 amide bonds. The van der Waals surface area contributed by atoms with Crippen LogP contribution in [-0.4, -0.2) is 11.0 Å². The summed E-state index contributed by atoms with van der Waals surface area (Å²) in [5, 5.41) is 3.40. The molecule has 1 heterocycles. The maximum absolute atomic E-state index is 12.2. The Hall–Kier alpha value is -1.92. The van der Waals surface area contributed by atoms with E-state index in [4.69, 9.17) is 12.2 Å². The van der Waals surface area contributed by atoms with Gasteiger partial charge < -0.3 is 5.32 Å². The van der Waals surface area contributed by atoms with Crippen molar-refractivity contribution < 1.29 is 4.79 Å². The van der Waals surface area contributed by atoms with Gasteiger partial charge in [-0.1, -0.05) is 32.9 Å². The summed E-state index contributed by atoms with van der Waals surface area (Å²) in [5.74, 6) is 0.313. The van der Waals surface area contributed by atoms with Gasteiger partial charge in [-0.05, 0) is 60.8 Å². The van der Waals surface area contributed by atoms with Gasteiger partial charge in [0.25, 0.3) is 5.91 Å². The number of nitrogens with one attached hydrogen (secondary N) is 3. The highest BCUT2D eigenvalue weighted by Gasteiger charge is 2.11. The SMILES string of the molecule is CCc1cc(C(=O)NNC(=S)Nc2ccc(C(C)C)cc2)sc1C. The van der Waals surface area contributed by atoms with E-state index in [1.807, 2.05) is 25.1 Å². The molecule has 2 rings (SSSR count). The van der Waals surface area contributed by atoms with Gasteiger partial charge in [-0.15, -0.1) is 11.3 Å². The molecule has 128 valence electrons. The van der Waals surface area contributed by atoms with E-state index < -0.39 is 0 Å². The molecule has 1 aromatic carbocycles. The Labute approximate surface area is 152 Å². The molecular weight excluding hydrogens is 338 g/mol. The summed E-state index contributed by atoms with van der Waals surface area (Å²) in [6.45, 7) is 8.42. The van der Waals surface area contributed by atoms with Gasteiger partial charge in [-0.25, -0.2) is 0 Å². The fourth-order valence-electron chi connectivity index (χ4n) is 2.27. The van der Waals surface area contributed by atoms with Crippen LogP contribution in [0.1, 0.15) is 52.4 Å². The highest BCUT2D eigenvalue weighted by Crippen LogP contribution is 2.21. The van der Waals surface area contributed by atoms with Crippen molar-refractivity contribution in [3.63, 3.8) is 0 Å². The third-order valence-electron chi connectivity index (χ3n) is 3.75. The largest absolute Gasteiger partial charge is 0.331 e. The van der Waals surface area contributed by atoms with Gasteiger partial charge in [-0.2, -0.15) is 0 Å². The summed E-state index contributed by atoms with van der Waals surface area (Å²) in [6.07, 6.45) is 0.926. The molecule has 0 bridgehead atoms. The Morgan fingerprint density at radius 2 is 1.88 bits per heavy atom. The number of hydrogen-bond acceptors (Lipinski definition) is 3. The molecule has 4 nitrogen and oxygen atoms in total. The van der Waals surface area contributed by atoms with E-state index >= 15 is 0 Å². The smallest absolute Gasteiger partial charge is 0.279 e. The molecule has 0 aliphatic carbocycles. The van der Waals surface area contributed by atoms with Gasteiger partial charge in [-0.3, -0.25) is 15.6 Å². The average molecular weight is 362 g/mol. The van der Waals surface area contributed by atoms with E-state index in [2.05, 4.69) is 49.1 Å². The fourth-order valence-corrected chi connectivity index (χ4v) is 3.45. The molecule has 24 heavy (non-hydrogen) atoms. The van der Waals surface area contributed by atoms with Crippen LogP contribution in [0, 0.1) is 6.92 Å². The van der Waals surface area contributed by atoms with Crippen LogP contribution in [0.2, 0.25) is 0 Å². The number of anilines is 1. The van der Waals surface area contributed by atoms with E-state index in [-0.39, 0.29) is 5.91 Å². The lowest BCUT2D eigenvalue weighted by atomic mass is 10.0. The van der Waals surface area contributed by atoms with E-state index in [1.54, 1.807) is 0 Å². The van der Waals surface area contributed by atoms with Crippen LogP contribution in [0.4, 0.5) is 5.69 Å². The fraction of sp³-hybridized carbons (Fsp3) is 0.333. The molecule has 0 unspecified atom stereocenters. The van der Waals surface area contributed by atoms with Gasteiger partial charge in [0.15, 0.2) is 5.11 Å². The summed E-state index contributed by atoms with van der Waals surface area (Å²) in [6, 6.07) is 10.0. The van der Waals surface area contributed by atoms with Gasteiger partial charge in [0, 0.05) is 10.6 Å². The molecule has 0 atom stereocenters. The number of amides is 1. The second-order valence-electron chi connectivity index (χ2n) is 5.86. The van der Waals surface area contributed by atoms with Crippen LogP contribution in [0.25, 0.3) is 0 Å². The lowest BCUT2D eigenvalue weighted by molar-refractivity contribution is 0.0948. The maximum atomic E-state index is 12.2. The Morgan fingerprint density at radius 3 is 2.42 bits per heavy atom. The van der Waals surface area contributed by atoms with Crippen LogP contribution < -0.4 is 16.2 Å². The molecule has 2 aromatic rings. The zero-order valence-electron chi connectivity index (χ0n) is 14.4. The van der Waals surface area contributed by atoms with Crippen molar-refractivity contribution in [2.75, 3.05) is 5.32 Å². The predicted octanol–water partition coefficient (Wildman–Crippen LogP) is 4.37. The minimum absolute atomic E-state index is 0.179. The zero-order chi connectivity index (χ0) is 17.7. The molecule has 0 aliphatic heterocycles. The molecule has 0 aliphatic rings. The first-order valence-corrected chi connectivity index (χ1v) is 9.19. The zero-order valence-corrected chi connectivity index (χ0v) is 16.0. The number of carbonyl (C=O) groups excluding carboxylic acids is 1. The van der Waals surface area contributed by atoms with E-state index in [0.29, 0.717) is 15.9 Å². The first-order chi connectivity index (χ1) is 11.4. The van der Waals surface area contributed by atoms with Crippen molar-refractivity contribution in [2.45, 2.75) is 40.0 Å². The first-order valence-electron chi connectivity index (χ1n) is 7.97. The highest BCUT2D eigenvalue weighted by atomic mass is 32.1. The van der Waals surface area contributed by atoms with Crippen molar-refractivity contribution in [2.24, 2.45) is 0 Å². The summed E-state index contributed by atoms with van der Waals surface area (Å²) in [5.41, 5.74) is 8.73. The highest BCUT2D eigenvalue weighted by molar-refractivity contribution is 7.80. The van der Waals surface area contributed by atoms with Gasteiger partial charge in [0.05, 0.1) is 4.88 Å². The van der Waals surface area contributed by atoms with Crippen LogP contribution in [0.3, 0.4) is 0 Å². The number of hydrogen-bond donors (Lipinski definition) is 3. The lowest BCUT2D eigenvalue weighted by Crippen LogP contribution is -2.43. The molecule has 6 heteroatoms. The molecule has 1 aromatic heterocycles. The minimum Gasteiger partial charge on any atom is -0.331 e. The van der Waals surface area contributed by atoms with Crippen molar-refractivity contribution in [1.29, 1.82) is 0 Å². The summed E-state index contributed by atoms with van der Waals surface area (Å²) >= 11 is 6.70. The Bertz CT molecular complexity index is 720. The van der Waals surface area contributed by atoms with E-state index in [9.17, 15) is 4.79 Å². The minimum atomic E-state index is -0.179. The lowest BCUT2D eigenvalue weighted by Gasteiger charge is -2.12. The average Bonchev–Trinajstić information content (AvgIpc) is 2.94. The second kappa shape index (κ2) is 8.26. The first kappa shape index (κ1) is 18.4. The summed E-state index contributed by atoms with van der Waals surface area (Å²) in [4.78, 5) is 14.0. The molecule has 0 saturated heterocycles. The number of aryl methyl sites for hydroxylation is 2. The molecule has 0 spiro atoms. The number of benzene rings is 1. The number of thiocarbonyl (C=S) groups is 1. The number of carbonyl (C=O) groups is 1. The predicted molar refractivity (Wildman–Crippen MR) is 106 cm³/mol. The van der Waals surface area contributed by atoms with Crippen molar-refractivity contribution in [3.8, 4) is 0 Å². The molecular formula is C18H23N3OS2. The Balaban J connectivity index is 1.87. The normalized spacial score (nSPS) is 10.5. The number of hydrazine groups is 1. The monoisotopic (exact) mass is 361 g/mol. The standard InChI is InChI=1S/C18H23N3OS2/c1-5-13-10-16(24-12(13)4)17(22)20-21-18(23)19-15-8-6-14(7-9-15)11(2)3/h6-11H,5H2,1-4H3,(H,20,22)(H2,19,21,23). The number of rotatable bonds is 4. The second-order valence-corrected chi connectivity index (χ2v) is 7.52. The van der Waals surface area contributed by atoms with Crippen molar-refractivity contribution >= 4 is 40.3 Å². The third kappa shape index (κ3) is 4.79. The van der Waals surface area contributed by atoms with Gasteiger partial charge >= 0.3 is 0 Å². The van der Waals surface area contributed by atoms with Crippen molar-refractivity contribution in [3.05, 3.63) is 51.2 Å². The van der Waals surface area contributed by atoms with Gasteiger partial charge in [0.2, 0.25) is 0 Å². The van der Waals surface area contributed by atoms with Crippen LogP contribution in [-0.2, 0) is 6.42 Å². The summed E-state index contributed by atoms with van der Waals surface area (Å²) < 4.78 is 0. The topological polar surface area (TPSA) is 53.2 Å². The van der Waals surface area contributed by atoms with Crippen LogP contribution >= 0.6 is 23.6 Å². The Morgan fingerprint density at radius 1 is 1.21 bits per heavy atom. The third-order valence-corrected chi connectivity index (χ3v) is 5.05. The van der Waals surface area contributed by atoms with Crippen LogP contribution in [0.15, 0.2) is 30.3 Å². The molecule has 0 radical (unpaired) electrons. The summed E-state index contributed by atoms with van der Waals surface area (Å²) in [7, 11) is 0. The van der Waals surface area contributed by atoms with E-state index in [0.717, 1.165) is 12.1 Å². The number of thiophene rings is 1. The Kier molecular flexibility index (Phi) is 6.34. The van der Waals surface area contributed by atoms with E-state index in [1.165, 1.54) is 27.3 Å². The van der Waals surface area contributed by atoms with Crippen LogP contribution in [0.5, 0.6) is 0 Å². The molecule has 0 fully saturated rings.